The highest BCUT2D eigenvalue weighted by Gasteiger charge is 2.36. The Morgan fingerprint density at radius 2 is 1.92 bits per heavy atom. The van der Waals surface area contributed by atoms with Crippen LogP contribution in [-0.4, -0.2) is 11.1 Å². The highest BCUT2D eigenvalue weighted by molar-refractivity contribution is 5.76. The second kappa shape index (κ2) is 3.21. The van der Waals surface area contributed by atoms with Crippen LogP contribution in [-0.2, 0) is 4.79 Å². The average molecular weight is 176 g/mol. The Kier molecular flexibility index (Phi) is 2.05. The Hall–Kier alpha value is -1.31. The third-order valence-electron chi connectivity index (χ3n) is 2.52. The molecule has 0 radical (unpaired) electrons. The summed E-state index contributed by atoms with van der Waals surface area (Å²) in [6.07, 6.45) is 2.12. The number of carboxylic acid groups (broad SMARTS) is 1. The predicted molar refractivity (Wildman–Crippen MR) is 49.5 cm³/mol. The number of aliphatic carboxylic acids is 1. The molecule has 2 heteroatoms. The highest BCUT2D eigenvalue weighted by Crippen LogP contribution is 2.42. The highest BCUT2D eigenvalue weighted by atomic mass is 16.4. The van der Waals surface area contributed by atoms with Crippen LogP contribution < -0.4 is 0 Å². The van der Waals surface area contributed by atoms with Gasteiger partial charge in [-0.2, -0.15) is 0 Å². The molecule has 1 unspecified atom stereocenters. The van der Waals surface area contributed by atoms with E-state index in [1.165, 1.54) is 0 Å². The maximum Gasteiger partial charge on any atom is 0.311 e. The van der Waals surface area contributed by atoms with Gasteiger partial charge in [0.25, 0.3) is 0 Å². The van der Waals surface area contributed by atoms with Gasteiger partial charge in [-0.05, 0) is 24.3 Å². The lowest BCUT2D eigenvalue weighted by Crippen LogP contribution is -2.13. The van der Waals surface area contributed by atoms with E-state index >= 15 is 0 Å². The normalized spacial score (nSPS) is 18.2. The molecule has 1 N–H and O–H groups in total. The summed E-state index contributed by atoms with van der Waals surface area (Å²) in [6, 6.07) is 9.50. The monoisotopic (exact) mass is 176 g/mol. The molecule has 1 saturated carbocycles. The number of hydrogen-bond acceptors (Lipinski definition) is 1. The Labute approximate surface area is 77.2 Å². The molecule has 0 heterocycles. The Balaban J connectivity index is 2.25. The summed E-state index contributed by atoms with van der Waals surface area (Å²) in [5.41, 5.74) is 0.942. The quantitative estimate of drug-likeness (QED) is 0.767. The van der Waals surface area contributed by atoms with Crippen LogP contribution in [0.25, 0.3) is 0 Å². The molecule has 1 aliphatic rings. The van der Waals surface area contributed by atoms with E-state index in [9.17, 15) is 4.79 Å². The minimum Gasteiger partial charge on any atom is -0.481 e. The first kappa shape index (κ1) is 8.30. The Morgan fingerprint density at radius 1 is 1.31 bits per heavy atom. The topological polar surface area (TPSA) is 37.3 Å². The van der Waals surface area contributed by atoms with Gasteiger partial charge in [-0.1, -0.05) is 30.3 Å². The van der Waals surface area contributed by atoms with Gasteiger partial charge in [0.15, 0.2) is 0 Å². The first-order valence-corrected chi connectivity index (χ1v) is 4.57. The fourth-order valence-electron chi connectivity index (χ4n) is 1.71. The van der Waals surface area contributed by atoms with Gasteiger partial charge in [0.2, 0.25) is 0 Å². The molecule has 1 aliphatic carbocycles. The van der Waals surface area contributed by atoms with Crippen molar-refractivity contribution in [3.05, 3.63) is 35.9 Å². The molecule has 2 nitrogen and oxygen atoms in total. The molecular formula is C11H12O2. The molecule has 1 aromatic carbocycles. The number of carboxylic acids is 1. The number of hydrogen-bond donors (Lipinski definition) is 1. The number of rotatable bonds is 3. The lowest BCUT2D eigenvalue weighted by molar-refractivity contribution is -0.139. The summed E-state index contributed by atoms with van der Waals surface area (Å²) < 4.78 is 0. The zero-order valence-corrected chi connectivity index (χ0v) is 7.31. The molecule has 1 atom stereocenters. The van der Waals surface area contributed by atoms with Crippen LogP contribution in [0.4, 0.5) is 0 Å². The smallest absolute Gasteiger partial charge is 0.311 e. The summed E-state index contributed by atoms with van der Waals surface area (Å²) in [7, 11) is 0. The minimum absolute atomic E-state index is 0.277. The van der Waals surface area contributed by atoms with E-state index in [1.807, 2.05) is 30.3 Å². The summed E-state index contributed by atoms with van der Waals surface area (Å²) in [6.45, 7) is 0. The van der Waals surface area contributed by atoms with Crippen LogP contribution in [0.1, 0.15) is 24.3 Å². The number of benzene rings is 1. The van der Waals surface area contributed by atoms with E-state index in [2.05, 4.69) is 0 Å². The number of carbonyl (C=O) groups is 1. The molecular weight excluding hydrogens is 164 g/mol. The van der Waals surface area contributed by atoms with Crippen LogP contribution >= 0.6 is 0 Å². The van der Waals surface area contributed by atoms with Crippen molar-refractivity contribution in [3.63, 3.8) is 0 Å². The molecule has 13 heavy (non-hydrogen) atoms. The van der Waals surface area contributed by atoms with Crippen molar-refractivity contribution in [3.8, 4) is 0 Å². The summed E-state index contributed by atoms with van der Waals surface area (Å²) in [5, 5.41) is 9.04. The largest absolute Gasteiger partial charge is 0.481 e. The average Bonchev–Trinajstić information content (AvgIpc) is 2.90. The van der Waals surface area contributed by atoms with Gasteiger partial charge in [-0.3, -0.25) is 4.79 Å². The first-order chi connectivity index (χ1) is 6.29. The van der Waals surface area contributed by atoms with Crippen LogP contribution in [0.5, 0.6) is 0 Å². The Morgan fingerprint density at radius 3 is 2.38 bits per heavy atom. The lowest BCUT2D eigenvalue weighted by atomic mass is 9.94. The van der Waals surface area contributed by atoms with Crippen molar-refractivity contribution in [2.24, 2.45) is 5.92 Å². The molecule has 0 aromatic heterocycles. The molecule has 0 spiro atoms. The van der Waals surface area contributed by atoms with E-state index in [1.54, 1.807) is 0 Å². The second-order valence-electron chi connectivity index (χ2n) is 3.56. The van der Waals surface area contributed by atoms with Crippen LogP contribution in [0, 0.1) is 5.92 Å². The van der Waals surface area contributed by atoms with E-state index in [0.717, 1.165) is 18.4 Å². The van der Waals surface area contributed by atoms with Crippen LogP contribution in [0.2, 0.25) is 0 Å². The molecule has 2 rings (SSSR count). The third kappa shape index (κ3) is 1.72. The van der Waals surface area contributed by atoms with Gasteiger partial charge in [-0.15, -0.1) is 0 Å². The molecule has 0 bridgehead atoms. The molecule has 68 valence electrons. The first-order valence-electron chi connectivity index (χ1n) is 4.57. The Bertz CT molecular complexity index is 301. The zero-order chi connectivity index (χ0) is 9.26. The van der Waals surface area contributed by atoms with Gasteiger partial charge in [0.1, 0.15) is 0 Å². The van der Waals surface area contributed by atoms with Gasteiger partial charge in [-0.25, -0.2) is 0 Å². The molecule has 0 amide bonds. The summed E-state index contributed by atoms with van der Waals surface area (Å²) >= 11 is 0. The van der Waals surface area contributed by atoms with Gasteiger partial charge >= 0.3 is 5.97 Å². The fraction of sp³-hybridized carbons (Fsp3) is 0.364. The standard InChI is InChI=1S/C11H12O2/c12-11(13)10(9-6-7-9)8-4-2-1-3-5-8/h1-5,9-10H,6-7H2,(H,12,13). The van der Waals surface area contributed by atoms with Gasteiger partial charge in [0.05, 0.1) is 5.92 Å². The molecule has 1 aromatic rings. The zero-order valence-electron chi connectivity index (χ0n) is 7.31. The van der Waals surface area contributed by atoms with E-state index in [-0.39, 0.29) is 5.92 Å². The minimum atomic E-state index is -0.686. The summed E-state index contributed by atoms with van der Waals surface area (Å²) in [5.74, 6) is -0.588. The molecule has 0 saturated heterocycles. The summed E-state index contributed by atoms with van der Waals surface area (Å²) in [4.78, 5) is 11.0. The maximum absolute atomic E-state index is 11.0. The fourth-order valence-corrected chi connectivity index (χ4v) is 1.71. The van der Waals surface area contributed by atoms with E-state index in [0.29, 0.717) is 5.92 Å². The van der Waals surface area contributed by atoms with Crippen molar-refractivity contribution in [1.82, 2.24) is 0 Å². The lowest BCUT2D eigenvalue weighted by Gasteiger charge is -2.10. The van der Waals surface area contributed by atoms with Crippen LogP contribution in [0.15, 0.2) is 30.3 Å². The van der Waals surface area contributed by atoms with Crippen LogP contribution in [0.3, 0.4) is 0 Å². The van der Waals surface area contributed by atoms with Crippen molar-refractivity contribution < 1.29 is 9.90 Å². The van der Waals surface area contributed by atoms with Gasteiger partial charge in [0, 0.05) is 0 Å². The maximum atomic E-state index is 11.0. The van der Waals surface area contributed by atoms with Crippen molar-refractivity contribution >= 4 is 5.97 Å². The molecule has 1 fully saturated rings. The molecule has 0 aliphatic heterocycles. The van der Waals surface area contributed by atoms with Crippen molar-refractivity contribution in [2.75, 3.05) is 0 Å². The van der Waals surface area contributed by atoms with Gasteiger partial charge < -0.3 is 5.11 Å². The predicted octanol–water partition coefficient (Wildman–Crippen LogP) is 2.26. The SMILES string of the molecule is O=C(O)C(c1ccccc1)C1CC1. The van der Waals surface area contributed by atoms with Crippen molar-refractivity contribution in [2.45, 2.75) is 18.8 Å². The van der Waals surface area contributed by atoms with E-state index < -0.39 is 5.97 Å². The second-order valence-corrected chi connectivity index (χ2v) is 3.56. The third-order valence-corrected chi connectivity index (χ3v) is 2.52. The van der Waals surface area contributed by atoms with Crippen molar-refractivity contribution in [1.29, 1.82) is 0 Å². The van der Waals surface area contributed by atoms with E-state index in [4.69, 9.17) is 5.11 Å².